The quantitative estimate of drug-likeness (QED) is 0.892. The lowest BCUT2D eigenvalue weighted by Crippen LogP contribution is -2.35. The summed E-state index contributed by atoms with van der Waals surface area (Å²) in [6.07, 6.45) is 5.42. The van der Waals surface area contributed by atoms with Gasteiger partial charge in [0.05, 0.1) is 10.7 Å². The number of thiazole rings is 1. The molecule has 0 amide bonds. The van der Waals surface area contributed by atoms with Gasteiger partial charge in [-0.15, -0.1) is 11.3 Å². The number of aromatic nitrogens is 1. The summed E-state index contributed by atoms with van der Waals surface area (Å²) < 4.78 is 0. The first kappa shape index (κ1) is 14.0. The third kappa shape index (κ3) is 3.77. The molecule has 0 bridgehead atoms. The maximum Gasteiger partial charge on any atom is 0.0897 e. The molecule has 4 heteroatoms. The van der Waals surface area contributed by atoms with Gasteiger partial charge in [0.1, 0.15) is 0 Å². The monoisotopic (exact) mass is 267 g/mol. The summed E-state index contributed by atoms with van der Waals surface area (Å²) >= 11 is 1.74. The predicted molar refractivity (Wildman–Crippen MR) is 77.7 cm³/mol. The first-order chi connectivity index (χ1) is 8.69. The van der Waals surface area contributed by atoms with Gasteiger partial charge in [0.15, 0.2) is 0 Å². The maximum absolute atomic E-state index is 5.90. The van der Waals surface area contributed by atoms with Crippen molar-refractivity contribution >= 4 is 11.3 Å². The lowest BCUT2D eigenvalue weighted by Gasteiger charge is -2.33. The Morgan fingerprint density at radius 3 is 2.72 bits per heavy atom. The lowest BCUT2D eigenvalue weighted by atomic mass is 9.79. The summed E-state index contributed by atoms with van der Waals surface area (Å²) in [7, 11) is 2.21. The summed E-state index contributed by atoms with van der Waals surface area (Å²) in [6, 6.07) is 0. The molecule has 1 aliphatic rings. The molecule has 1 fully saturated rings. The van der Waals surface area contributed by atoms with Crippen molar-refractivity contribution in [2.45, 2.75) is 39.2 Å². The van der Waals surface area contributed by atoms with Crippen LogP contribution in [0.15, 0.2) is 5.38 Å². The van der Waals surface area contributed by atoms with E-state index in [1.807, 2.05) is 0 Å². The standard InChI is InChI=1S/C14H25N3S/c1-11-16-14(10-18-11)9-17(2)8-13-6-4-3-5-12(13)7-15/h10,12-13H,3-9,15H2,1-2H3. The van der Waals surface area contributed by atoms with Gasteiger partial charge in [0, 0.05) is 18.5 Å². The summed E-state index contributed by atoms with van der Waals surface area (Å²) in [5, 5.41) is 3.34. The van der Waals surface area contributed by atoms with Crippen LogP contribution in [-0.4, -0.2) is 30.0 Å². The van der Waals surface area contributed by atoms with E-state index in [0.29, 0.717) is 0 Å². The van der Waals surface area contributed by atoms with E-state index >= 15 is 0 Å². The second-order valence-corrected chi connectivity index (χ2v) is 6.66. The molecule has 1 aromatic rings. The van der Waals surface area contributed by atoms with Crippen LogP contribution < -0.4 is 5.73 Å². The van der Waals surface area contributed by atoms with E-state index in [4.69, 9.17) is 5.73 Å². The highest BCUT2D eigenvalue weighted by molar-refractivity contribution is 7.09. The largest absolute Gasteiger partial charge is 0.330 e. The molecular weight excluding hydrogens is 242 g/mol. The molecule has 3 nitrogen and oxygen atoms in total. The highest BCUT2D eigenvalue weighted by Gasteiger charge is 2.24. The van der Waals surface area contributed by atoms with Gasteiger partial charge in [0.25, 0.3) is 0 Å². The maximum atomic E-state index is 5.90. The van der Waals surface area contributed by atoms with Gasteiger partial charge < -0.3 is 10.6 Å². The molecule has 1 heterocycles. The molecular formula is C14H25N3S. The molecule has 2 unspecified atom stereocenters. The van der Waals surface area contributed by atoms with Crippen molar-refractivity contribution in [2.75, 3.05) is 20.1 Å². The molecule has 0 radical (unpaired) electrons. The fourth-order valence-corrected chi connectivity index (χ4v) is 3.66. The Hall–Kier alpha value is -0.450. The van der Waals surface area contributed by atoms with E-state index < -0.39 is 0 Å². The summed E-state index contributed by atoms with van der Waals surface area (Å²) in [6.45, 7) is 5.06. The number of nitrogens with zero attached hydrogens (tertiary/aromatic N) is 2. The Kier molecular flexibility index (Phi) is 5.15. The molecule has 2 atom stereocenters. The van der Waals surface area contributed by atoms with Crippen LogP contribution in [-0.2, 0) is 6.54 Å². The predicted octanol–water partition coefficient (Wildman–Crippen LogP) is 2.65. The van der Waals surface area contributed by atoms with Gasteiger partial charge in [-0.25, -0.2) is 4.98 Å². The molecule has 0 spiro atoms. The van der Waals surface area contributed by atoms with Crippen molar-refractivity contribution in [1.82, 2.24) is 9.88 Å². The van der Waals surface area contributed by atoms with E-state index in [0.717, 1.165) is 29.9 Å². The van der Waals surface area contributed by atoms with E-state index in [1.54, 1.807) is 11.3 Å². The third-order valence-electron chi connectivity index (χ3n) is 4.01. The van der Waals surface area contributed by atoms with Gasteiger partial charge in [-0.05, 0) is 45.2 Å². The van der Waals surface area contributed by atoms with Crippen molar-refractivity contribution in [3.63, 3.8) is 0 Å². The Morgan fingerprint density at radius 1 is 1.39 bits per heavy atom. The molecule has 2 N–H and O–H groups in total. The van der Waals surface area contributed by atoms with Crippen LogP contribution in [0.5, 0.6) is 0 Å². The van der Waals surface area contributed by atoms with E-state index in [1.165, 1.54) is 37.9 Å². The molecule has 0 aliphatic heterocycles. The normalized spacial score (nSPS) is 24.7. The summed E-state index contributed by atoms with van der Waals surface area (Å²) in [5.74, 6) is 1.52. The van der Waals surface area contributed by atoms with Crippen LogP contribution in [0.25, 0.3) is 0 Å². The second-order valence-electron chi connectivity index (χ2n) is 5.59. The van der Waals surface area contributed by atoms with Crippen molar-refractivity contribution in [2.24, 2.45) is 17.6 Å². The number of aryl methyl sites for hydroxylation is 1. The van der Waals surface area contributed by atoms with Crippen LogP contribution in [0.3, 0.4) is 0 Å². The highest BCUT2D eigenvalue weighted by atomic mass is 32.1. The van der Waals surface area contributed by atoms with Gasteiger partial charge in [-0.2, -0.15) is 0 Å². The number of rotatable bonds is 5. The van der Waals surface area contributed by atoms with Crippen molar-refractivity contribution in [3.05, 3.63) is 16.1 Å². The number of nitrogens with two attached hydrogens (primary N) is 1. The number of hydrogen-bond acceptors (Lipinski definition) is 4. The fraction of sp³-hybridized carbons (Fsp3) is 0.786. The zero-order chi connectivity index (χ0) is 13.0. The Labute approximate surface area is 114 Å². The minimum absolute atomic E-state index is 0.735. The lowest BCUT2D eigenvalue weighted by molar-refractivity contribution is 0.169. The fourth-order valence-electron chi connectivity index (χ4n) is 3.06. The van der Waals surface area contributed by atoms with Crippen LogP contribution in [0.2, 0.25) is 0 Å². The van der Waals surface area contributed by atoms with E-state index in [2.05, 4.69) is 29.2 Å². The minimum atomic E-state index is 0.735. The number of hydrogen-bond donors (Lipinski definition) is 1. The zero-order valence-corrected chi connectivity index (χ0v) is 12.4. The average molecular weight is 267 g/mol. The van der Waals surface area contributed by atoms with Crippen LogP contribution in [0.1, 0.15) is 36.4 Å². The zero-order valence-electron chi connectivity index (χ0n) is 11.6. The first-order valence-electron chi connectivity index (χ1n) is 6.98. The molecule has 0 saturated heterocycles. The molecule has 1 aromatic heterocycles. The van der Waals surface area contributed by atoms with Crippen LogP contribution >= 0.6 is 11.3 Å². The smallest absolute Gasteiger partial charge is 0.0897 e. The molecule has 2 rings (SSSR count). The third-order valence-corrected chi connectivity index (χ3v) is 4.84. The first-order valence-corrected chi connectivity index (χ1v) is 7.86. The molecule has 0 aromatic carbocycles. The van der Waals surface area contributed by atoms with Crippen molar-refractivity contribution < 1.29 is 0 Å². The highest BCUT2D eigenvalue weighted by Crippen LogP contribution is 2.30. The Morgan fingerprint density at radius 2 is 2.11 bits per heavy atom. The topological polar surface area (TPSA) is 42.2 Å². The molecule has 1 saturated carbocycles. The minimum Gasteiger partial charge on any atom is -0.330 e. The molecule has 1 aliphatic carbocycles. The van der Waals surface area contributed by atoms with Crippen LogP contribution in [0.4, 0.5) is 0 Å². The SMILES string of the molecule is Cc1nc(CN(C)CC2CCCCC2CN)cs1. The van der Waals surface area contributed by atoms with Crippen molar-refractivity contribution in [1.29, 1.82) is 0 Å². The summed E-state index contributed by atoms with van der Waals surface area (Å²) in [4.78, 5) is 6.94. The Balaban J connectivity index is 1.84. The molecule has 18 heavy (non-hydrogen) atoms. The van der Waals surface area contributed by atoms with Gasteiger partial charge in [-0.1, -0.05) is 12.8 Å². The van der Waals surface area contributed by atoms with E-state index in [9.17, 15) is 0 Å². The van der Waals surface area contributed by atoms with Gasteiger partial charge in [-0.3, -0.25) is 0 Å². The summed E-state index contributed by atoms with van der Waals surface area (Å²) in [5.41, 5.74) is 7.10. The van der Waals surface area contributed by atoms with E-state index in [-0.39, 0.29) is 0 Å². The van der Waals surface area contributed by atoms with Crippen LogP contribution in [0, 0.1) is 18.8 Å². The Bertz CT molecular complexity index is 364. The van der Waals surface area contributed by atoms with Gasteiger partial charge >= 0.3 is 0 Å². The average Bonchev–Trinajstić information content (AvgIpc) is 2.75. The van der Waals surface area contributed by atoms with Gasteiger partial charge in [0.2, 0.25) is 0 Å². The van der Waals surface area contributed by atoms with Crippen molar-refractivity contribution in [3.8, 4) is 0 Å². The second kappa shape index (κ2) is 6.64. The molecule has 102 valence electrons.